The zero-order chi connectivity index (χ0) is 17.9. The molecule has 26 heavy (non-hydrogen) atoms. The second kappa shape index (κ2) is 7.00. The van der Waals surface area contributed by atoms with Crippen molar-refractivity contribution in [1.29, 1.82) is 0 Å². The summed E-state index contributed by atoms with van der Waals surface area (Å²) in [5.74, 6) is 1.25. The van der Waals surface area contributed by atoms with Crippen LogP contribution in [-0.4, -0.2) is 27.8 Å². The van der Waals surface area contributed by atoms with Gasteiger partial charge in [0.15, 0.2) is 0 Å². The molecule has 1 fully saturated rings. The number of hydrogen-bond acceptors (Lipinski definition) is 4. The third-order valence-corrected chi connectivity index (χ3v) is 4.67. The van der Waals surface area contributed by atoms with Crippen molar-refractivity contribution in [2.75, 3.05) is 7.11 Å². The third kappa shape index (κ3) is 3.44. The fourth-order valence-electron chi connectivity index (χ4n) is 3.05. The van der Waals surface area contributed by atoms with Crippen LogP contribution >= 0.6 is 0 Å². The molecule has 4 rings (SSSR count). The second-order valence-electron chi connectivity index (χ2n) is 6.45. The largest absolute Gasteiger partial charge is 0.497 e. The molecule has 1 amide bonds. The zero-order valence-electron chi connectivity index (χ0n) is 14.5. The van der Waals surface area contributed by atoms with Crippen molar-refractivity contribution in [2.45, 2.75) is 18.9 Å². The lowest BCUT2D eigenvalue weighted by Gasteiger charge is -2.19. The number of rotatable bonds is 6. The van der Waals surface area contributed by atoms with E-state index in [1.54, 1.807) is 18.1 Å². The Balaban J connectivity index is 1.49. The monoisotopic (exact) mass is 348 g/mol. The topological polar surface area (TPSA) is 69.0 Å². The van der Waals surface area contributed by atoms with Crippen LogP contribution in [-0.2, 0) is 0 Å². The SMILES string of the molecule is COc1ccc(C(NC(=O)c2ccc(-n3cncn3)cc2)C2CC2)cc1. The quantitative estimate of drug-likeness (QED) is 0.743. The maximum absolute atomic E-state index is 12.7. The predicted molar refractivity (Wildman–Crippen MR) is 97.3 cm³/mol. The molecule has 0 spiro atoms. The van der Waals surface area contributed by atoms with E-state index in [9.17, 15) is 4.79 Å². The van der Waals surface area contributed by atoms with Gasteiger partial charge in [0.25, 0.3) is 5.91 Å². The van der Waals surface area contributed by atoms with Crippen molar-refractivity contribution < 1.29 is 9.53 Å². The highest BCUT2D eigenvalue weighted by Gasteiger charge is 2.33. The van der Waals surface area contributed by atoms with E-state index in [1.807, 2.05) is 48.5 Å². The summed E-state index contributed by atoms with van der Waals surface area (Å²) in [5, 5.41) is 7.28. The molecule has 1 saturated carbocycles. The van der Waals surface area contributed by atoms with Crippen LogP contribution in [0.2, 0.25) is 0 Å². The predicted octanol–water partition coefficient (Wildman–Crippen LogP) is 3.16. The fraction of sp³-hybridized carbons (Fsp3) is 0.250. The Labute approximate surface area is 151 Å². The van der Waals surface area contributed by atoms with Gasteiger partial charge in [-0.25, -0.2) is 9.67 Å². The van der Waals surface area contributed by atoms with E-state index in [2.05, 4.69) is 15.4 Å². The first-order valence-corrected chi connectivity index (χ1v) is 8.64. The molecular formula is C20H20N4O2. The molecule has 6 heteroatoms. The minimum absolute atomic E-state index is 0.0309. The highest BCUT2D eigenvalue weighted by molar-refractivity contribution is 5.94. The minimum atomic E-state index is -0.0668. The van der Waals surface area contributed by atoms with Crippen LogP contribution in [0, 0.1) is 5.92 Å². The molecule has 1 N–H and O–H groups in total. The van der Waals surface area contributed by atoms with Gasteiger partial charge in [-0.15, -0.1) is 0 Å². The lowest BCUT2D eigenvalue weighted by Crippen LogP contribution is -2.29. The Bertz CT molecular complexity index is 869. The zero-order valence-corrected chi connectivity index (χ0v) is 14.5. The number of nitrogens with one attached hydrogen (secondary N) is 1. The Hall–Kier alpha value is -3.15. The molecule has 3 aromatic rings. The summed E-state index contributed by atoms with van der Waals surface area (Å²) in [6.45, 7) is 0. The number of benzene rings is 2. The molecule has 1 aliphatic carbocycles. The number of nitrogens with zero attached hydrogens (tertiary/aromatic N) is 3. The number of hydrogen-bond donors (Lipinski definition) is 1. The van der Waals surface area contributed by atoms with Crippen molar-refractivity contribution in [2.24, 2.45) is 5.92 Å². The fourth-order valence-corrected chi connectivity index (χ4v) is 3.05. The van der Waals surface area contributed by atoms with Crippen molar-refractivity contribution in [3.8, 4) is 11.4 Å². The number of ether oxygens (including phenoxy) is 1. The number of amides is 1. The van der Waals surface area contributed by atoms with E-state index < -0.39 is 0 Å². The third-order valence-electron chi connectivity index (χ3n) is 4.67. The van der Waals surface area contributed by atoms with Gasteiger partial charge >= 0.3 is 0 Å². The van der Waals surface area contributed by atoms with Crippen molar-refractivity contribution in [1.82, 2.24) is 20.1 Å². The van der Waals surface area contributed by atoms with Gasteiger partial charge in [0, 0.05) is 5.56 Å². The van der Waals surface area contributed by atoms with Crippen molar-refractivity contribution in [3.05, 3.63) is 72.3 Å². The lowest BCUT2D eigenvalue weighted by atomic mass is 10.0. The molecule has 1 aromatic heterocycles. The molecule has 1 unspecified atom stereocenters. The summed E-state index contributed by atoms with van der Waals surface area (Å²) >= 11 is 0. The standard InChI is InChI=1S/C20H20N4O2/c1-26-18-10-6-15(7-11-18)19(14-2-3-14)23-20(25)16-4-8-17(9-5-16)24-13-21-12-22-24/h4-14,19H,2-3H2,1H3,(H,23,25). The summed E-state index contributed by atoms with van der Waals surface area (Å²) in [6.07, 6.45) is 5.39. The molecule has 132 valence electrons. The smallest absolute Gasteiger partial charge is 0.251 e. The Morgan fingerprint density at radius 3 is 2.46 bits per heavy atom. The van der Waals surface area contributed by atoms with Crippen molar-refractivity contribution >= 4 is 5.91 Å². The molecule has 2 aromatic carbocycles. The molecule has 1 heterocycles. The Kier molecular flexibility index (Phi) is 4.39. The van der Waals surface area contributed by atoms with Gasteiger partial charge in [-0.05, 0) is 60.7 Å². The molecule has 6 nitrogen and oxygen atoms in total. The van der Waals surface area contributed by atoms with Gasteiger partial charge in [0.1, 0.15) is 18.4 Å². The molecule has 0 radical (unpaired) electrons. The van der Waals surface area contributed by atoms with Gasteiger partial charge < -0.3 is 10.1 Å². The minimum Gasteiger partial charge on any atom is -0.497 e. The first-order valence-electron chi connectivity index (χ1n) is 8.64. The summed E-state index contributed by atoms with van der Waals surface area (Å²) in [4.78, 5) is 16.6. The summed E-state index contributed by atoms with van der Waals surface area (Å²) in [7, 11) is 1.65. The molecule has 0 aliphatic heterocycles. The maximum atomic E-state index is 12.7. The molecular weight excluding hydrogens is 328 g/mol. The normalized spacial score (nSPS) is 14.7. The van der Waals surface area contributed by atoms with Crippen LogP contribution in [0.1, 0.15) is 34.8 Å². The highest BCUT2D eigenvalue weighted by atomic mass is 16.5. The molecule has 1 aliphatic rings. The van der Waals surface area contributed by atoms with E-state index in [0.29, 0.717) is 11.5 Å². The van der Waals surface area contributed by atoms with Crippen LogP contribution < -0.4 is 10.1 Å². The van der Waals surface area contributed by atoms with Crippen LogP contribution in [0.4, 0.5) is 0 Å². The summed E-state index contributed by atoms with van der Waals surface area (Å²) in [5.41, 5.74) is 2.61. The van der Waals surface area contributed by atoms with Crippen molar-refractivity contribution in [3.63, 3.8) is 0 Å². The first kappa shape index (κ1) is 16.3. The van der Waals surface area contributed by atoms with E-state index in [1.165, 1.54) is 6.33 Å². The Morgan fingerprint density at radius 2 is 1.88 bits per heavy atom. The lowest BCUT2D eigenvalue weighted by molar-refractivity contribution is 0.0931. The molecule has 0 bridgehead atoms. The van der Waals surface area contributed by atoms with E-state index >= 15 is 0 Å². The number of methoxy groups -OCH3 is 1. The van der Waals surface area contributed by atoms with E-state index in [4.69, 9.17) is 4.74 Å². The van der Waals surface area contributed by atoms with Crippen LogP contribution in [0.25, 0.3) is 5.69 Å². The maximum Gasteiger partial charge on any atom is 0.251 e. The van der Waals surface area contributed by atoms with Gasteiger partial charge in [-0.1, -0.05) is 12.1 Å². The molecule has 1 atom stereocenters. The second-order valence-corrected chi connectivity index (χ2v) is 6.45. The number of carbonyl (C=O) groups is 1. The summed E-state index contributed by atoms with van der Waals surface area (Å²) in [6, 6.07) is 15.3. The van der Waals surface area contributed by atoms with Gasteiger partial charge in [0.05, 0.1) is 18.8 Å². The number of carbonyl (C=O) groups excluding carboxylic acids is 1. The number of aromatic nitrogens is 3. The average Bonchev–Trinajstić information content (AvgIpc) is 3.39. The van der Waals surface area contributed by atoms with Gasteiger partial charge in [0.2, 0.25) is 0 Å². The summed E-state index contributed by atoms with van der Waals surface area (Å²) < 4.78 is 6.88. The van der Waals surface area contributed by atoms with Gasteiger partial charge in [-0.2, -0.15) is 5.10 Å². The van der Waals surface area contributed by atoms with E-state index in [0.717, 1.165) is 29.8 Å². The van der Waals surface area contributed by atoms with Crippen LogP contribution in [0.5, 0.6) is 5.75 Å². The highest BCUT2D eigenvalue weighted by Crippen LogP contribution is 2.41. The Morgan fingerprint density at radius 1 is 1.15 bits per heavy atom. The van der Waals surface area contributed by atoms with Gasteiger partial charge in [-0.3, -0.25) is 4.79 Å². The van der Waals surface area contributed by atoms with E-state index in [-0.39, 0.29) is 11.9 Å². The van der Waals surface area contributed by atoms with Crippen LogP contribution in [0.3, 0.4) is 0 Å². The average molecular weight is 348 g/mol. The van der Waals surface area contributed by atoms with Crippen LogP contribution in [0.15, 0.2) is 61.2 Å². The molecule has 0 saturated heterocycles. The first-order chi connectivity index (χ1) is 12.7.